The highest BCUT2D eigenvalue weighted by Gasteiger charge is 2.55. The Morgan fingerprint density at radius 1 is 1.03 bits per heavy atom. The van der Waals surface area contributed by atoms with Gasteiger partial charge in [0.25, 0.3) is 11.7 Å². The average Bonchev–Trinajstić information content (AvgIpc) is 3.53. The predicted octanol–water partition coefficient (Wildman–Crippen LogP) is 3.52. The Bertz CT molecular complexity index is 1070. The molecule has 152 valence electrons. The summed E-state index contributed by atoms with van der Waals surface area (Å²) in [6.45, 7) is 1.37. The van der Waals surface area contributed by atoms with E-state index in [1.807, 2.05) is 0 Å². The molecule has 0 aromatic heterocycles. The number of anilines is 1. The van der Waals surface area contributed by atoms with Gasteiger partial charge in [-0.25, -0.2) is 8.42 Å². The molecule has 1 aliphatic carbocycles. The van der Waals surface area contributed by atoms with Crippen molar-refractivity contribution in [1.82, 2.24) is 0 Å². The molecule has 29 heavy (non-hydrogen) atoms. The molecule has 2 fully saturated rings. The third-order valence-electron chi connectivity index (χ3n) is 5.61. The van der Waals surface area contributed by atoms with Gasteiger partial charge in [-0.1, -0.05) is 11.6 Å². The SMILES string of the molecule is O=C1N(CC2CC2)c2ccc(S(=O)(=O)c3ccc(Cl)cc3)cc2C12OCCCO2. The van der Waals surface area contributed by atoms with Crippen LogP contribution >= 0.6 is 11.6 Å². The summed E-state index contributed by atoms with van der Waals surface area (Å²) in [5.74, 6) is -1.34. The number of hydrogen-bond acceptors (Lipinski definition) is 5. The van der Waals surface area contributed by atoms with Crippen LogP contribution in [-0.4, -0.2) is 34.1 Å². The quantitative estimate of drug-likeness (QED) is 0.737. The van der Waals surface area contributed by atoms with Gasteiger partial charge in [0, 0.05) is 17.1 Å². The molecule has 0 bridgehead atoms. The maximum atomic E-state index is 13.3. The Morgan fingerprint density at radius 2 is 1.69 bits per heavy atom. The van der Waals surface area contributed by atoms with Crippen LogP contribution in [0.15, 0.2) is 52.3 Å². The van der Waals surface area contributed by atoms with E-state index in [-0.39, 0.29) is 15.7 Å². The predicted molar refractivity (Wildman–Crippen MR) is 107 cm³/mol. The molecule has 6 nitrogen and oxygen atoms in total. The molecule has 2 aromatic rings. The van der Waals surface area contributed by atoms with Crippen molar-refractivity contribution in [3.63, 3.8) is 0 Å². The lowest BCUT2D eigenvalue weighted by atomic mass is 10.1. The van der Waals surface area contributed by atoms with Crippen molar-refractivity contribution >= 4 is 33.0 Å². The van der Waals surface area contributed by atoms with Crippen LogP contribution in [0.5, 0.6) is 0 Å². The molecule has 1 spiro atoms. The standard InChI is InChI=1S/C21H20ClNO5S/c22-15-4-6-16(7-5-15)29(25,26)17-8-9-19-18(12-17)21(27-10-1-11-28-21)20(24)23(19)13-14-2-3-14/h4-9,12,14H,1-3,10-11,13H2. The average molecular weight is 434 g/mol. The lowest BCUT2D eigenvalue weighted by molar-refractivity contribution is -0.256. The molecule has 3 aliphatic rings. The van der Waals surface area contributed by atoms with Crippen molar-refractivity contribution in [1.29, 1.82) is 0 Å². The van der Waals surface area contributed by atoms with Crippen LogP contribution in [0.1, 0.15) is 24.8 Å². The summed E-state index contributed by atoms with van der Waals surface area (Å²) in [5.41, 5.74) is 1.14. The Hall–Kier alpha value is -1.93. The van der Waals surface area contributed by atoms with E-state index >= 15 is 0 Å². The van der Waals surface area contributed by atoms with Crippen molar-refractivity contribution in [2.75, 3.05) is 24.7 Å². The van der Waals surface area contributed by atoms with Gasteiger partial charge in [0.2, 0.25) is 9.84 Å². The van der Waals surface area contributed by atoms with Crippen LogP contribution in [0, 0.1) is 5.92 Å². The molecule has 0 N–H and O–H groups in total. The lowest BCUT2D eigenvalue weighted by Crippen LogP contribution is -2.47. The van der Waals surface area contributed by atoms with E-state index in [4.69, 9.17) is 21.1 Å². The summed E-state index contributed by atoms with van der Waals surface area (Å²) in [6, 6.07) is 10.8. The maximum Gasteiger partial charge on any atom is 0.292 e. The molecule has 5 rings (SSSR count). The lowest BCUT2D eigenvalue weighted by Gasteiger charge is -2.32. The Morgan fingerprint density at radius 3 is 2.34 bits per heavy atom. The highest BCUT2D eigenvalue weighted by atomic mass is 35.5. The number of benzene rings is 2. The molecule has 1 saturated heterocycles. The molecule has 2 heterocycles. The van der Waals surface area contributed by atoms with E-state index in [0.29, 0.717) is 48.4 Å². The highest BCUT2D eigenvalue weighted by Crippen LogP contribution is 2.47. The maximum absolute atomic E-state index is 13.3. The monoisotopic (exact) mass is 433 g/mol. The molecule has 1 saturated carbocycles. The van der Waals surface area contributed by atoms with Gasteiger partial charge in [-0.2, -0.15) is 0 Å². The van der Waals surface area contributed by atoms with Gasteiger partial charge >= 0.3 is 0 Å². The number of fused-ring (bicyclic) bond motifs is 2. The molecule has 2 aliphatic heterocycles. The van der Waals surface area contributed by atoms with Gasteiger partial charge in [0.15, 0.2) is 0 Å². The fourth-order valence-corrected chi connectivity index (χ4v) is 5.30. The molecule has 8 heteroatoms. The van der Waals surface area contributed by atoms with Crippen LogP contribution in [0.2, 0.25) is 5.02 Å². The van der Waals surface area contributed by atoms with E-state index < -0.39 is 15.6 Å². The number of nitrogens with zero attached hydrogens (tertiary/aromatic N) is 1. The largest absolute Gasteiger partial charge is 0.338 e. The number of rotatable bonds is 4. The van der Waals surface area contributed by atoms with Crippen molar-refractivity contribution in [2.45, 2.75) is 34.8 Å². The summed E-state index contributed by atoms with van der Waals surface area (Å²) in [6.07, 6.45) is 2.88. The van der Waals surface area contributed by atoms with Crippen LogP contribution in [0.3, 0.4) is 0 Å². The Kier molecular flexibility index (Phi) is 4.47. The zero-order valence-electron chi connectivity index (χ0n) is 15.6. The van der Waals surface area contributed by atoms with Crippen molar-refractivity contribution in [2.24, 2.45) is 5.92 Å². The molecule has 0 atom stereocenters. The minimum Gasteiger partial charge on any atom is -0.338 e. The van der Waals surface area contributed by atoms with E-state index in [2.05, 4.69) is 0 Å². The Balaban J connectivity index is 1.61. The zero-order valence-corrected chi connectivity index (χ0v) is 17.2. The number of halogens is 1. The van der Waals surface area contributed by atoms with Crippen molar-refractivity contribution < 1.29 is 22.7 Å². The topological polar surface area (TPSA) is 72.9 Å². The first kappa shape index (κ1) is 19.1. The molecular weight excluding hydrogens is 414 g/mol. The number of carbonyl (C=O) groups excluding carboxylic acids is 1. The molecule has 0 unspecified atom stereocenters. The van der Waals surface area contributed by atoms with Crippen LogP contribution < -0.4 is 4.90 Å². The van der Waals surface area contributed by atoms with Gasteiger partial charge in [0.1, 0.15) is 0 Å². The fraction of sp³-hybridized carbons (Fsp3) is 0.381. The number of ether oxygens (including phenoxy) is 2. The smallest absolute Gasteiger partial charge is 0.292 e. The van der Waals surface area contributed by atoms with E-state index in [9.17, 15) is 13.2 Å². The van der Waals surface area contributed by atoms with Crippen LogP contribution in [0.4, 0.5) is 5.69 Å². The number of carbonyl (C=O) groups is 1. The van der Waals surface area contributed by atoms with E-state index in [1.54, 1.807) is 11.0 Å². The van der Waals surface area contributed by atoms with Crippen molar-refractivity contribution in [3.05, 3.63) is 53.1 Å². The number of sulfone groups is 1. The van der Waals surface area contributed by atoms with Crippen LogP contribution in [-0.2, 0) is 29.9 Å². The summed E-state index contributed by atoms with van der Waals surface area (Å²) < 4.78 is 38.0. The second kappa shape index (κ2) is 6.80. The van der Waals surface area contributed by atoms with Gasteiger partial charge < -0.3 is 14.4 Å². The summed E-state index contributed by atoms with van der Waals surface area (Å²) in [5, 5.41) is 0.460. The molecule has 0 radical (unpaired) electrons. The minimum atomic E-state index is -3.78. The third-order valence-corrected chi connectivity index (χ3v) is 7.63. The number of hydrogen-bond donors (Lipinski definition) is 0. The zero-order chi connectivity index (χ0) is 20.2. The first-order valence-corrected chi connectivity index (χ1v) is 11.5. The first-order valence-electron chi connectivity index (χ1n) is 9.67. The Labute approximate surface area is 174 Å². The van der Waals surface area contributed by atoms with Gasteiger partial charge in [-0.05, 0) is 67.6 Å². The summed E-state index contributed by atoms with van der Waals surface area (Å²) in [7, 11) is -3.78. The van der Waals surface area contributed by atoms with Gasteiger partial charge in [-0.3, -0.25) is 4.79 Å². The first-order chi connectivity index (χ1) is 13.9. The van der Waals surface area contributed by atoms with Gasteiger partial charge in [-0.15, -0.1) is 0 Å². The molecular formula is C21H20ClNO5S. The third kappa shape index (κ3) is 3.08. The normalized spacial score (nSPS) is 20.9. The van der Waals surface area contributed by atoms with Gasteiger partial charge in [0.05, 0.1) is 28.7 Å². The van der Waals surface area contributed by atoms with E-state index in [1.165, 1.54) is 36.4 Å². The summed E-state index contributed by atoms with van der Waals surface area (Å²) in [4.78, 5) is 15.2. The highest BCUT2D eigenvalue weighted by molar-refractivity contribution is 7.91. The minimum absolute atomic E-state index is 0.0943. The second-order valence-electron chi connectivity index (χ2n) is 7.66. The fourth-order valence-electron chi connectivity index (χ4n) is 3.88. The van der Waals surface area contributed by atoms with Crippen molar-refractivity contribution in [3.8, 4) is 0 Å². The second-order valence-corrected chi connectivity index (χ2v) is 10.0. The summed E-state index contributed by atoms with van der Waals surface area (Å²) >= 11 is 5.89. The number of amides is 1. The van der Waals surface area contributed by atoms with E-state index in [0.717, 1.165) is 12.8 Å². The molecule has 2 aromatic carbocycles. The van der Waals surface area contributed by atoms with Crippen LogP contribution in [0.25, 0.3) is 0 Å². The molecule has 1 amide bonds.